The molecule has 0 saturated heterocycles. The minimum atomic E-state index is -0.243. The van der Waals surface area contributed by atoms with E-state index in [1.807, 2.05) is 19.1 Å². The molecule has 1 aromatic carbocycles. The van der Waals surface area contributed by atoms with Crippen LogP contribution in [0.25, 0.3) is 22.0 Å². The van der Waals surface area contributed by atoms with Gasteiger partial charge in [-0.1, -0.05) is 0 Å². The van der Waals surface area contributed by atoms with E-state index in [1.165, 1.54) is 6.92 Å². The number of carbonyl (C=O) groups excluding carboxylic acids is 1. The Bertz CT molecular complexity index is 990. The number of carbonyl (C=O) groups is 1. The van der Waals surface area contributed by atoms with E-state index in [4.69, 9.17) is 0 Å². The minimum Gasteiger partial charge on any atom is -0.396 e. The second-order valence-electron chi connectivity index (χ2n) is 5.81. The van der Waals surface area contributed by atoms with Crippen molar-refractivity contribution in [3.05, 3.63) is 63.7 Å². The van der Waals surface area contributed by atoms with Crippen LogP contribution >= 0.6 is 0 Å². The molecule has 0 saturated carbocycles. The van der Waals surface area contributed by atoms with Crippen LogP contribution in [0.15, 0.2) is 41.3 Å². The lowest BCUT2D eigenvalue weighted by Crippen LogP contribution is -2.11. The van der Waals surface area contributed by atoms with Crippen molar-refractivity contribution in [1.82, 2.24) is 9.97 Å². The maximum atomic E-state index is 12.5. The number of aryl methyl sites for hydroxylation is 1. The van der Waals surface area contributed by atoms with Crippen molar-refractivity contribution in [2.75, 3.05) is 6.61 Å². The van der Waals surface area contributed by atoms with E-state index in [9.17, 15) is 14.7 Å². The number of Topliss-reactive ketones (excluding diaryl/α,β-unsaturated/α-hetero) is 1. The molecule has 0 unspecified atom stereocenters. The highest BCUT2D eigenvalue weighted by molar-refractivity contribution is 6.07. The van der Waals surface area contributed by atoms with Crippen molar-refractivity contribution in [2.45, 2.75) is 20.3 Å². The molecule has 122 valence electrons. The van der Waals surface area contributed by atoms with Crippen molar-refractivity contribution >= 4 is 16.6 Å². The highest BCUT2D eigenvalue weighted by atomic mass is 16.3. The molecule has 5 nitrogen and oxygen atoms in total. The molecule has 2 N–H and O–H groups in total. The molecule has 24 heavy (non-hydrogen) atoms. The molecule has 5 heteroatoms. The second kappa shape index (κ2) is 6.37. The monoisotopic (exact) mass is 322 g/mol. The van der Waals surface area contributed by atoms with Gasteiger partial charge in [0.05, 0.1) is 11.4 Å². The van der Waals surface area contributed by atoms with Crippen LogP contribution in [0.3, 0.4) is 0 Å². The molecular formula is C19H18N2O3. The van der Waals surface area contributed by atoms with Crippen molar-refractivity contribution in [2.24, 2.45) is 0 Å². The summed E-state index contributed by atoms with van der Waals surface area (Å²) in [5.41, 5.74) is 3.20. The Morgan fingerprint density at radius 1 is 1.25 bits per heavy atom. The number of fused-ring (bicyclic) bond motifs is 1. The average molecular weight is 322 g/mol. The number of nitrogens with one attached hydrogen (secondary N) is 1. The Balaban J connectivity index is 2.33. The Hall–Kier alpha value is -2.79. The fourth-order valence-corrected chi connectivity index (χ4v) is 2.94. The summed E-state index contributed by atoms with van der Waals surface area (Å²) in [6, 6.07) is 9.01. The molecule has 0 aliphatic rings. The van der Waals surface area contributed by atoms with Crippen LogP contribution in [0.2, 0.25) is 0 Å². The van der Waals surface area contributed by atoms with Crippen LogP contribution in [0.1, 0.15) is 28.5 Å². The Morgan fingerprint density at radius 3 is 2.75 bits per heavy atom. The molecule has 2 heterocycles. The standard InChI is InChI=1S/C19H18N2O3/c1-11-8-14(12(2)23)15-10-18(21-19(24)16(15)9-11)13-4-3-6-20-17(13)5-7-22/h3-4,6,8-10,22H,5,7H2,1-2H3,(H,21,24). The Labute approximate surface area is 139 Å². The number of benzene rings is 1. The molecule has 0 spiro atoms. The third-order valence-corrected chi connectivity index (χ3v) is 4.01. The summed E-state index contributed by atoms with van der Waals surface area (Å²) >= 11 is 0. The molecule has 0 amide bonds. The Kier molecular flexibility index (Phi) is 4.27. The van der Waals surface area contributed by atoms with Gasteiger partial charge < -0.3 is 10.1 Å². The first kappa shape index (κ1) is 16.1. The summed E-state index contributed by atoms with van der Waals surface area (Å²) in [5, 5.41) is 10.3. The first-order valence-electron chi connectivity index (χ1n) is 7.75. The summed E-state index contributed by atoms with van der Waals surface area (Å²) in [6.07, 6.45) is 2.04. The summed E-state index contributed by atoms with van der Waals surface area (Å²) < 4.78 is 0. The molecule has 3 rings (SSSR count). The maximum absolute atomic E-state index is 12.5. The molecule has 0 aliphatic carbocycles. The van der Waals surface area contributed by atoms with Crippen molar-refractivity contribution < 1.29 is 9.90 Å². The highest BCUT2D eigenvalue weighted by Crippen LogP contribution is 2.25. The molecule has 0 fully saturated rings. The van der Waals surface area contributed by atoms with Crippen molar-refractivity contribution in [1.29, 1.82) is 0 Å². The van der Waals surface area contributed by atoms with Gasteiger partial charge in [0.15, 0.2) is 5.78 Å². The van der Waals surface area contributed by atoms with Gasteiger partial charge in [0.2, 0.25) is 0 Å². The van der Waals surface area contributed by atoms with Gasteiger partial charge in [-0.05, 0) is 49.7 Å². The summed E-state index contributed by atoms with van der Waals surface area (Å²) in [6.45, 7) is 3.33. The minimum absolute atomic E-state index is 0.0281. The third-order valence-electron chi connectivity index (χ3n) is 4.01. The molecule has 0 bridgehead atoms. The summed E-state index contributed by atoms with van der Waals surface area (Å²) in [5.74, 6) is -0.0815. The number of hydrogen-bond donors (Lipinski definition) is 2. The zero-order valence-electron chi connectivity index (χ0n) is 13.6. The van der Waals surface area contributed by atoms with E-state index in [-0.39, 0.29) is 17.9 Å². The molecule has 0 aliphatic heterocycles. The van der Waals surface area contributed by atoms with Crippen LogP contribution < -0.4 is 5.56 Å². The van der Waals surface area contributed by atoms with Gasteiger partial charge >= 0.3 is 0 Å². The topological polar surface area (TPSA) is 83.0 Å². The number of hydrogen-bond acceptors (Lipinski definition) is 4. The molecule has 0 atom stereocenters. The Morgan fingerprint density at radius 2 is 2.04 bits per heavy atom. The fraction of sp³-hybridized carbons (Fsp3) is 0.211. The lowest BCUT2D eigenvalue weighted by Gasteiger charge is -2.11. The quantitative estimate of drug-likeness (QED) is 0.723. The SMILES string of the molecule is CC(=O)c1cc(C)cc2c(=O)[nH]c(-c3cccnc3CCO)cc12. The maximum Gasteiger partial charge on any atom is 0.256 e. The first-order valence-corrected chi connectivity index (χ1v) is 7.75. The van der Waals surface area contributed by atoms with E-state index < -0.39 is 0 Å². The number of aliphatic hydroxyl groups excluding tert-OH is 1. The van der Waals surface area contributed by atoms with E-state index in [0.29, 0.717) is 34.1 Å². The lowest BCUT2D eigenvalue weighted by molar-refractivity contribution is 0.101. The van der Waals surface area contributed by atoms with Crippen LogP contribution in [0.5, 0.6) is 0 Å². The van der Waals surface area contributed by atoms with Gasteiger partial charge in [-0.3, -0.25) is 14.6 Å². The average Bonchev–Trinajstić information content (AvgIpc) is 2.55. The molecule has 3 aromatic rings. The highest BCUT2D eigenvalue weighted by Gasteiger charge is 2.13. The lowest BCUT2D eigenvalue weighted by atomic mass is 9.98. The van der Waals surface area contributed by atoms with Crippen LogP contribution in [0.4, 0.5) is 0 Å². The number of nitrogens with zero attached hydrogens (tertiary/aromatic N) is 1. The van der Waals surface area contributed by atoms with E-state index in [0.717, 1.165) is 11.1 Å². The van der Waals surface area contributed by atoms with Gasteiger partial charge in [-0.25, -0.2) is 0 Å². The summed E-state index contributed by atoms with van der Waals surface area (Å²) in [7, 11) is 0. The number of aromatic nitrogens is 2. The predicted molar refractivity (Wildman–Crippen MR) is 93.3 cm³/mol. The third kappa shape index (κ3) is 2.86. The smallest absolute Gasteiger partial charge is 0.256 e. The van der Waals surface area contributed by atoms with Crippen LogP contribution in [0, 0.1) is 6.92 Å². The number of aromatic amines is 1. The van der Waals surface area contributed by atoms with Gasteiger partial charge in [-0.2, -0.15) is 0 Å². The van der Waals surface area contributed by atoms with Gasteiger partial charge in [0.1, 0.15) is 0 Å². The number of rotatable bonds is 4. The van der Waals surface area contributed by atoms with E-state index in [2.05, 4.69) is 9.97 Å². The number of H-pyrrole nitrogens is 1. The molecule has 2 aromatic heterocycles. The number of ketones is 1. The molecule has 0 radical (unpaired) electrons. The van der Waals surface area contributed by atoms with Crippen LogP contribution in [-0.2, 0) is 6.42 Å². The van der Waals surface area contributed by atoms with Crippen LogP contribution in [-0.4, -0.2) is 27.5 Å². The number of pyridine rings is 2. The number of aliphatic hydroxyl groups is 1. The largest absolute Gasteiger partial charge is 0.396 e. The zero-order valence-corrected chi connectivity index (χ0v) is 13.6. The van der Waals surface area contributed by atoms with Gasteiger partial charge in [0, 0.05) is 41.1 Å². The molecular weight excluding hydrogens is 304 g/mol. The van der Waals surface area contributed by atoms with Gasteiger partial charge in [0.25, 0.3) is 5.56 Å². The zero-order chi connectivity index (χ0) is 17.3. The van der Waals surface area contributed by atoms with Gasteiger partial charge in [-0.15, -0.1) is 0 Å². The van der Waals surface area contributed by atoms with E-state index in [1.54, 1.807) is 24.4 Å². The normalized spacial score (nSPS) is 11.0. The van der Waals surface area contributed by atoms with Crippen molar-refractivity contribution in [3.63, 3.8) is 0 Å². The predicted octanol–water partition coefficient (Wildman–Crippen LogP) is 2.64. The van der Waals surface area contributed by atoms with E-state index >= 15 is 0 Å². The summed E-state index contributed by atoms with van der Waals surface area (Å²) in [4.78, 5) is 31.7. The second-order valence-corrected chi connectivity index (χ2v) is 5.81. The van der Waals surface area contributed by atoms with Crippen molar-refractivity contribution in [3.8, 4) is 11.3 Å². The fourth-order valence-electron chi connectivity index (χ4n) is 2.94. The first-order chi connectivity index (χ1) is 11.5.